The van der Waals surface area contributed by atoms with Crippen LogP contribution in [-0.2, 0) is 0 Å². The molecule has 1 aliphatic carbocycles. The van der Waals surface area contributed by atoms with Crippen molar-refractivity contribution in [1.29, 1.82) is 0 Å². The Labute approximate surface area is 64.4 Å². The van der Waals surface area contributed by atoms with Gasteiger partial charge >= 0.3 is 0 Å². The third kappa shape index (κ3) is 1.52. The number of rotatable bonds is 1. The molecule has 1 aliphatic rings. The fourth-order valence-electron chi connectivity index (χ4n) is 1.35. The molecule has 66 valence electrons. The summed E-state index contributed by atoms with van der Waals surface area (Å²) in [5, 5.41) is 35.5. The van der Waals surface area contributed by atoms with Crippen molar-refractivity contribution in [2.75, 3.05) is 0 Å². The van der Waals surface area contributed by atoms with E-state index in [0.29, 0.717) is 12.8 Å². The third-order valence-electron chi connectivity index (χ3n) is 2.15. The van der Waals surface area contributed by atoms with E-state index in [9.17, 15) is 10.2 Å². The van der Waals surface area contributed by atoms with Gasteiger partial charge in [-0.3, -0.25) is 10.4 Å². The lowest BCUT2D eigenvalue weighted by molar-refractivity contribution is -0.435. The molecule has 5 nitrogen and oxygen atoms in total. The van der Waals surface area contributed by atoms with Crippen LogP contribution in [0, 0.1) is 0 Å². The van der Waals surface area contributed by atoms with Gasteiger partial charge in [-0.15, -0.1) is 0 Å². The summed E-state index contributed by atoms with van der Waals surface area (Å²) in [6.45, 7) is 0. The van der Waals surface area contributed by atoms with Gasteiger partial charge < -0.3 is 10.2 Å². The Balaban J connectivity index is 2.64. The van der Waals surface area contributed by atoms with Gasteiger partial charge in [-0.2, -0.15) is 0 Å². The van der Waals surface area contributed by atoms with Gasteiger partial charge in [-0.05, 0) is 24.5 Å². The molecule has 2 unspecified atom stereocenters. The van der Waals surface area contributed by atoms with Gasteiger partial charge in [0.2, 0.25) is 0 Å². The molecule has 0 aromatic heterocycles. The fraction of sp³-hybridized carbons (Fsp3) is 1.00. The minimum absolute atomic E-state index is 0.182. The second kappa shape index (κ2) is 3.04. The summed E-state index contributed by atoms with van der Waals surface area (Å²) in [7, 11) is 0. The predicted octanol–water partition coefficient (Wildman–Crippen LogP) is -0.310. The molecule has 0 bridgehead atoms. The lowest BCUT2D eigenvalue weighted by Gasteiger charge is -2.38. The largest absolute Gasteiger partial charge is 0.388 e. The Kier molecular flexibility index (Phi) is 2.46. The molecule has 0 saturated heterocycles. The summed E-state index contributed by atoms with van der Waals surface area (Å²) in [5.41, 5.74) is -1.86. The van der Waals surface area contributed by atoms with Crippen LogP contribution in [0.15, 0.2) is 0 Å². The van der Waals surface area contributed by atoms with Crippen LogP contribution in [0.3, 0.4) is 0 Å². The van der Waals surface area contributed by atoms with Crippen LogP contribution in [0.2, 0.25) is 0 Å². The topological polar surface area (TPSA) is 84.2 Å². The Morgan fingerprint density at radius 2 is 1.91 bits per heavy atom. The smallest absolute Gasteiger partial charge is 0.193 e. The molecule has 0 aliphatic heterocycles. The fourth-order valence-corrected chi connectivity index (χ4v) is 1.35. The first-order chi connectivity index (χ1) is 5.07. The quantitative estimate of drug-likeness (QED) is 0.315. The van der Waals surface area contributed by atoms with Crippen LogP contribution in [0.1, 0.15) is 25.7 Å². The molecule has 0 spiro atoms. The Morgan fingerprint density at radius 3 is 2.27 bits per heavy atom. The lowest BCUT2D eigenvalue weighted by atomic mass is 9.89. The van der Waals surface area contributed by atoms with E-state index in [-0.39, 0.29) is 11.6 Å². The Hall–Kier alpha value is -0.200. The van der Waals surface area contributed by atoms with E-state index in [1.54, 1.807) is 0 Å². The summed E-state index contributed by atoms with van der Waals surface area (Å²) < 4.78 is 0. The summed E-state index contributed by atoms with van der Waals surface area (Å²) in [5.74, 6) is 0. The number of hydroxylamine groups is 2. The minimum Gasteiger partial charge on any atom is -0.388 e. The molecule has 11 heavy (non-hydrogen) atoms. The monoisotopic (exact) mass is 163 g/mol. The van der Waals surface area contributed by atoms with Gasteiger partial charge in [0.15, 0.2) is 5.72 Å². The number of hydrogen-bond acceptors (Lipinski definition) is 5. The maximum atomic E-state index is 9.39. The minimum atomic E-state index is -1.86. The van der Waals surface area contributed by atoms with E-state index >= 15 is 0 Å². The summed E-state index contributed by atoms with van der Waals surface area (Å²) >= 11 is 0. The SMILES string of the molecule is OC1CCCCC1(O)N(O)O. The normalized spacial score (nSPS) is 39.5. The van der Waals surface area contributed by atoms with Crippen LogP contribution in [0.4, 0.5) is 0 Å². The number of aliphatic hydroxyl groups is 2. The van der Waals surface area contributed by atoms with Crippen molar-refractivity contribution in [3.63, 3.8) is 0 Å². The number of nitrogens with zero attached hydrogens (tertiary/aromatic N) is 1. The predicted molar refractivity (Wildman–Crippen MR) is 34.8 cm³/mol. The molecule has 0 aromatic carbocycles. The van der Waals surface area contributed by atoms with Crippen LogP contribution >= 0.6 is 0 Å². The van der Waals surface area contributed by atoms with Gasteiger partial charge in [-0.25, -0.2) is 0 Å². The van der Waals surface area contributed by atoms with Gasteiger partial charge in [0.1, 0.15) is 6.10 Å². The Morgan fingerprint density at radius 1 is 1.27 bits per heavy atom. The van der Waals surface area contributed by atoms with Crippen molar-refractivity contribution < 1.29 is 20.6 Å². The summed E-state index contributed by atoms with van der Waals surface area (Å²) in [6.07, 6.45) is 0.990. The van der Waals surface area contributed by atoms with Crippen molar-refractivity contribution in [2.45, 2.75) is 37.5 Å². The highest BCUT2D eigenvalue weighted by Crippen LogP contribution is 2.29. The van der Waals surface area contributed by atoms with Crippen molar-refractivity contribution in [3.05, 3.63) is 0 Å². The molecule has 0 radical (unpaired) electrons. The zero-order valence-electron chi connectivity index (χ0n) is 6.14. The second-order valence-electron chi connectivity index (χ2n) is 2.93. The molecule has 0 aromatic rings. The molecular formula is C6H13NO4. The van der Waals surface area contributed by atoms with Crippen LogP contribution < -0.4 is 0 Å². The molecule has 1 rings (SSSR count). The zero-order valence-corrected chi connectivity index (χ0v) is 6.14. The molecule has 0 amide bonds. The Bertz CT molecular complexity index is 141. The molecular weight excluding hydrogens is 150 g/mol. The molecule has 1 saturated carbocycles. The van der Waals surface area contributed by atoms with Crippen molar-refractivity contribution in [1.82, 2.24) is 5.23 Å². The third-order valence-corrected chi connectivity index (χ3v) is 2.15. The molecule has 2 atom stereocenters. The van der Waals surface area contributed by atoms with E-state index in [2.05, 4.69) is 0 Å². The van der Waals surface area contributed by atoms with Crippen molar-refractivity contribution >= 4 is 0 Å². The highest BCUT2D eigenvalue weighted by Gasteiger charge is 2.43. The first-order valence-electron chi connectivity index (χ1n) is 3.66. The van der Waals surface area contributed by atoms with E-state index in [1.165, 1.54) is 0 Å². The van der Waals surface area contributed by atoms with Crippen LogP contribution in [-0.4, -0.2) is 37.7 Å². The average molecular weight is 163 g/mol. The molecule has 4 N–H and O–H groups in total. The first kappa shape index (κ1) is 8.89. The van der Waals surface area contributed by atoms with Gasteiger partial charge in [0.25, 0.3) is 0 Å². The molecule has 1 fully saturated rings. The number of aliphatic hydroxyl groups excluding tert-OH is 1. The van der Waals surface area contributed by atoms with Gasteiger partial charge in [0.05, 0.1) is 0 Å². The maximum Gasteiger partial charge on any atom is 0.193 e. The van der Waals surface area contributed by atoms with Crippen molar-refractivity contribution in [2.24, 2.45) is 0 Å². The number of hydrogen-bond donors (Lipinski definition) is 4. The van der Waals surface area contributed by atoms with E-state index in [0.717, 1.165) is 6.42 Å². The second-order valence-corrected chi connectivity index (χ2v) is 2.93. The van der Waals surface area contributed by atoms with E-state index in [1.807, 2.05) is 0 Å². The van der Waals surface area contributed by atoms with E-state index in [4.69, 9.17) is 10.4 Å². The van der Waals surface area contributed by atoms with E-state index < -0.39 is 11.8 Å². The van der Waals surface area contributed by atoms with Crippen molar-refractivity contribution in [3.8, 4) is 0 Å². The van der Waals surface area contributed by atoms with Crippen LogP contribution in [0.25, 0.3) is 0 Å². The molecule has 5 heteroatoms. The molecule has 0 heterocycles. The van der Waals surface area contributed by atoms with Gasteiger partial charge in [0, 0.05) is 0 Å². The zero-order chi connectivity index (χ0) is 8.48. The first-order valence-corrected chi connectivity index (χ1v) is 3.66. The standard InChI is InChI=1S/C6H13NO4/c8-5-3-1-2-4-6(5,9)7(10)11/h5,8-11H,1-4H2. The maximum absolute atomic E-state index is 9.39. The van der Waals surface area contributed by atoms with Crippen LogP contribution in [0.5, 0.6) is 0 Å². The average Bonchev–Trinajstić information content (AvgIpc) is 1.95. The summed E-state index contributed by atoms with van der Waals surface area (Å²) in [4.78, 5) is 0. The van der Waals surface area contributed by atoms with Gasteiger partial charge in [-0.1, -0.05) is 6.42 Å². The lowest BCUT2D eigenvalue weighted by Crippen LogP contribution is -2.55. The highest BCUT2D eigenvalue weighted by molar-refractivity contribution is 4.84. The highest BCUT2D eigenvalue weighted by atomic mass is 16.8. The summed E-state index contributed by atoms with van der Waals surface area (Å²) in [6, 6.07) is 0.